The third-order valence-corrected chi connectivity index (χ3v) is 3.54. The van der Waals surface area contributed by atoms with E-state index in [4.69, 9.17) is 5.73 Å². The first kappa shape index (κ1) is 13.9. The lowest BCUT2D eigenvalue weighted by Gasteiger charge is -2.32. The molecule has 3 nitrogen and oxygen atoms in total. The molecule has 1 unspecified atom stereocenters. The number of rotatable bonds is 3. The van der Waals surface area contributed by atoms with Crippen molar-refractivity contribution in [1.82, 2.24) is 4.90 Å². The molecule has 2 rings (SSSR count). The SMILES string of the molecule is NCCC1CCCN(C(=O)c2cc(F)ccc2F)C1. The van der Waals surface area contributed by atoms with Gasteiger partial charge >= 0.3 is 0 Å². The molecule has 1 atom stereocenters. The Morgan fingerprint density at radius 2 is 2.21 bits per heavy atom. The van der Waals surface area contributed by atoms with E-state index in [2.05, 4.69) is 0 Å². The van der Waals surface area contributed by atoms with Crippen LogP contribution in [0.1, 0.15) is 29.6 Å². The van der Waals surface area contributed by atoms with Gasteiger partial charge in [-0.05, 0) is 49.9 Å². The molecular formula is C14H18F2N2O. The fourth-order valence-corrected chi connectivity index (χ4v) is 2.55. The molecule has 1 heterocycles. The van der Waals surface area contributed by atoms with E-state index in [0.29, 0.717) is 25.6 Å². The highest BCUT2D eigenvalue weighted by Gasteiger charge is 2.25. The molecular weight excluding hydrogens is 250 g/mol. The summed E-state index contributed by atoms with van der Waals surface area (Å²) < 4.78 is 26.7. The number of nitrogens with two attached hydrogens (primary N) is 1. The van der Waals surface area contributed by atoms with Crippen LogP contribution in [0, 0.1) is 17.6 Å². The van der Waals surface area contributed by atoms with Gasteiger partial charge in [0.25, 0.3) is 5.91 Å². The minimum atomic E-state index is -0.674. The summed E-state index contributed by atoms with van der Waals surface area (Å²) in [5, 5.41) is 0. The first-order chi connectivity index (χ1) is 9.11. The molecule has 0 radical (unpaired) electrons. The molecule has 0 aliphatic carbocycles. The monoisotopic (exact) mass is 268 g/mol. The average molecular weight is 268 g/mol. The van der Waals surface area contributed by atoms with Crippen molar-refractivity contribution < 1.29 is 13.6 Å². The Morgan fingerprint density at radius 1 is 1.42 bits per heavy atom. The summed E-state index contributed by atoms with van der Waals surface area (Å²) in [6.45, 7) is 1.75. The number of hydrogen-bond donors (Lipinski definition) is 1. The van der Waals surface area contributed by atoms with Crippen LogP contribution in [-0.2, 0) is 0 Å². The Hall–Kier alpha value is -1.49. The highest BCUT2D eigenvalue weighted by Crippen LogP contribution is 2.22. The minimum absolute atomic E-state index is 0.187. The maximum absolute atomic E-state index is 13.6. The van der Waals surface area contributed by atoms with E-state index in [0.717, 1.165) is 37.5 Å². The van der Waals surface area contributed by atoms with Gasteiger partial charge in [0.1, 0.15) is 11.6 Å². The van der Waals surface area contributed by atoms with Gasteiger partial charge in [0.15, 0.2) is 0 Å². The number of nitrogens with zero attached hydrogens (tertiary/aromatic N) is 1. The van der Waals surface area contributed by atoms with E-state index >= 15 is 0 Å². The summed E-state index contributed by atoms with van der Waals surface area (Å²) in [5.74, 6) is -1.34. The lowest BCUT2D eigenvalue weighted by molar-refractivity contribution is 0.0664. The Kier molecular flexibility index (Phi) is 4.47. The predicted molar refractivity (Wildman–Crippen MR) is 68.7 cm³/mol. The number of likely N-dealkylation sites (tertiary alicyclic amines) is 1. The van der Waals surface area contributed by atoms with Crippen molar-refractivity contribution in [3.63, 3.8) is 0 Å². The highest BCUT2D eigenvalue weighted by atomic mass is 19.1. The first-order valence-electron chi connectivity index (χ1n) is 6.56. The maximum Gasteiger partial charge on any atom is 0.256 e. The summed E-state index contributed by atoms with van der Waals surface area (Å²) in [6.07, 6.45) is 2.77. The molecule has 0 aromatic heterocycles. The molecule has 2 N–H and O–H groups in total. The molecule has 1 aliphatic heterocycles. The van der Waals surface area contributed by atoms with Crippen molar-refractivity contribution in [3.8, 4) is 0 Å². The van der Waals surface area contributed by atoms with E-state index in [9.17, 15) is 13.6 Å². The molecule has 0 saturated carbocycles. The van der Waals surface area contributed by atoms with Gasteiger partial charge in [-0.25, -0.2) is 8.78 Å². The molecule has 1 saturated heterocycles. The summed E-state index contributed by atoms with van der Waals surface area (Å²) in [4.78, 5) is 13.8. The van der Waals surface area contributed by atoms with Crippen LogP contribution in [0.2, 0.25) is 0 Å². The Balaban J connectivity index is 2.12. The Morgan fingerprint density at radius 3 is 2.95 bits per heavy atom. The fourth-order valence-electron chi connectivity index (χ4n) is 2.55. The third kappa shape index (κ3) is 3.29. The molecule has 0 spiro atoms. The van der Waals surface area contributed by atoms with Crippen molar-refractivity contribution in [2.45, 2.75) is 19.3 Å². The number of piperidine rings is 1. The van der Waals surface area contributed by atoms with Crippen molar-refractivity contribution >= 4 is 5.91 Å². The highest BCUT2D eigenvalue weighted by molar-refractivity contribution is 5.94. The van der Waals surface area contributed by atoms with E-state index in [1.807, 2.05) is 0 Å². The summed E-state index contributed by atoms with van der Waals surface area (Å²) in [5.41, 5.74) is 5.34. The molecule has 1 amide bonds. The van der Waals surface area contributed by atoms with Gasteiger partial charge in [0.05, 0.1) is 5.56 Å². The van der Waals surface area contributed by atoms with Crippen LogP contribution in [0.15, 0.2) is 18.2 Å². The van der Waals surface area contributed by atoms with Crippen LogP contribution in [0.5, 0.6) is 0 Å². The standard InChI is InChI=1S/C14H18F2N2O/c15-11-3-4-13(16)12(8-11)14(19)18-7-1-2-10(9-18)5-6-17/h3-4,8,10H,1-2,5-7,9,17H2. The van der Waals surface area contributed by atoms with Gasteiger partial charge in [-0.1, -0.05) is 0 Å². The van der Waals surface area contributed by atoms with Gasteiger partial charge < -0.3 is 10.6 Å². The predicted octanol–water partition coefficient (Wildman–Crippen LogP) is 2.17. The normalized spacial score (nSPS) is 19.5. The lowest BCUT2D eigenvalue weighted by atomic mass is 9.94. The summed E-state index contributed by atoms with van der Waals surface area (Å²) in [7, 11) is 0. The average Bonchev–Trinajstić information content (AvgIpc) is 2.41. The van der Waals surface area contributed by atoms with Crippen LogP contribution >= 0.6 is 0 Å². The van der Waals surface area contributed by atoms with Crippen LogP contribution in [-0.4, -0.2) is 30.4 Å². The van der Waals surface area contributed by atoms with Crippen LogP contribution in [0.25, 0.3) is 0 Å². The van der Waals surface area contributed by atoms with E-state index < -0.39 is 17.5 Å². The van der Waals surface area contributed by atoms with Crippen molar-refractivity contribution in [2.75, 3.05) is 19.6 Å². The van der Waals surface area contributed by atoms with Gasteiger partial charge in [-0.2, -0.15) is 0 Å². The van der Waals surface area contributed by atoms with E-state index in [1.165, 1.54) is 0 Å². The van der Waals surface area contributed by atoms with Crippen molar-refractivity contribution in [3.05, 3.63) is 35.4 Å². The quantitative estimate of drug-likeness (QED) is 0.913. The van der Waals surface area contributed by atoms with Crippen molar-refractivity contribution in [1.29, 1.82) is 0 Å². The smallest absolute Gasteiger partial charge is 0.256 e. The molecule has 0 bridgehead atoms. The van der Waals surface area contributed by atoms with Crippen LogP contribution < -0.4 is 5.73 Å². The zero-order valence-corrected chi connectivity index (χ0v) is 10.7. The number of carbonyl (C=O) groups excluding carboxylic acids is 1. The summed E-state index contributed by atoms with van der Waals surface area (Å²) >= 11 is 0. The number of benzene rings is 1. The van der Waals surface area contributed by atoms with Crippen LogP contribution in [0.4, 0.5) is 8.78 Å². The molecule has 19 heavy (non-hydrogen) atoms. The largest absolute Gasteiger partial charge is 0.338 e. The number of halogens is 2. The van der Waals surface area contributed by atoms with Gasteiger partial charge in [-0.3, -0.25) is 4.79 Å². The maximum atomic E-state index is 13.6. The van der Waals surface area contributed by atoms with Gasteiger partial charge in [0.2, 0.25) is 0 Å². The molecule has 1 aromatic carbocycles. The topological polar surface area (TPSA) is 46.3 Å². The van der Waals surface area contributed by atoms with E-state index in [-0.39, 0.29) is 5.56 Å². The lowest BCUT2D eigenvalue weighted by Crippen LogP contribution is -2.40. The number of carbonyl (C=O) groups is 1. The second-order valence-electron chi connectivity index (χ2n) is 4.96. The van der Waals surface area contributed by atoms with Gasteiger partial charge in [-0.15, -0.1) is 0 Å². The number of amides is 1. The van der Waals surface area contributed by atoms with E-state index in [1.54, 1.807) is 4.90 Å². The second-order valence-corrected chi connectivity index (χ2v) is 4.96. The molecule has 104 valence electrons. The fraction of sp³-hybridized carbons (Fsp3) is 0.500. The molecule has 1 aromatic rings. The third-order valence-electron chi connectivity index (χ3n) is 3.54. The minimum Gasteiger partial charge on any atom is -0.338 e. The zero-order valence-electron chi connectivity index (χ0n) is 10.7. The molecule has 1 aliphatic rings. The summed E-state index contributed by atoms with van der Waals surface area (Å²) in [6, 6.07) is 2.97. The molecule has 1 fully saturated rings. The van der Waals surface area contributed by atoms with Crippen LogP contribution in [0.3, 0.4) is 0 Å². The van der Waals surface area contributed by atoms with Gasteiger partial charge in [0, 0.05) is 13.1 Å². The second kappa shape index (κ2) is 6.10. The Labute approximate surface area is 111 Å². The van der Waals surface area contributed by atoms with Crippen molar-refractivity contribution in [2.24, 2.45) is 11.7 Å². The Bertz CT molecular complexity index is 463. The number of hydrogen-bond acceptors (Lipinski definition) is 2. The zero-order chi connectivity index (χ0) is 13.8. The first-order valence-corrected chi connectivity index (χ1v) is 6.56. The molecule has 5 heteroatoms.